The van der Waals surface area contributed by atoms with Crippen molar-refractivity contribution in [3.05, 3.63) is 59.3 Å². The summed E-state index contributed by atoms with van der Waals surface area (Å²) in [7, 11) is -4.11. The highest BCUT2D eigenvalue weighted by atomic mass is 32.2. The van der Waals surface area contributed by atoms with Crippen LogP contribution >= 0.6 is 0 Å². The van der Waals surface area contributed by atoms with Crippen molar-refractivity contribution >= 4 is 10.0 Å². The fourth-order valence-corrected chi connectivity index (χ4v) is 4.30. The number of hydrogen-bond acceptors (Lipinski definition) is 7. The molecule has 0 saturated heterocycles. The molecule has 0 amide bonds. The van der Waals surface area contributed by atoms with Gasteiger partial charge in [-0.1, -0.05) is 0 Å². The largest absolute Gasteiger partial charge is 0.486 e. The molecular weight excluding hydrogens is 388 g/mol. The van der Waals surface area contributed by atoms with Gasteiger partial charge in [0.25, 0.3) is 10.0 Å². The zero-order chi connectivity index (χ0) is 19.3. The molecule has 0 unspecified atom stereocenters. The molecule has 144 valence electrons. The van der Waals surface area contributed by atoms with Gasteiger partial charge in [-0.3, -0.25) is 4.57 Å². The quantitative estimate of drug-likeness (QED) is 0.653. The van der Waals surface area contributed by atoms with Crippen LogP contribution in [-0.2, 0) is 10.0 Å². The van der Waals surface area contributed by atoms with Crippen molar-refractivity contribution in [3.63, 3.8) is 0 Å². The van der Waals surface area contributed by atoms with Crippen LogP contribution in [0.5, 0.6) is 23.0 Å². The van der Waals surface area contributed by atoms with Gasteiger partial charge in [0.15, 0.2) is 23.0 Å². The van der Waals surface area contributed by atoms with E-state index in [2.05, 4.69) is 0 Å². The Morgan fingerprint density at radius 1 is 0.786 bits per heavy atom. The van der Waals surface area contributed by atoms with E-state index in [1.54, 1.807) is 18.2 Å². The lowest BCUT2D eigenvalue weighted by atomic mass is 10.3. The summed E-state index contributed by atoms with van der Waals surface area (Å²) in [5, 5.41) is 0. The first-order valence-corrected chi connectivity index (χ1v) is 9.83. The standard InChI is InChI=1S/C18H14N2O7S/c21-18-19(12-1-3-15-16(9-12)27-11-26-15)5-6-20(18)28(22,23)13-2-4-14-17(10-13)25-8-7-24-14/h1-6,9-10H,7-8,11H2. The molecular formula is C18H14N2O7S. The lowest BCUT2D eigenvalue weighted by molar-refractivity contribution is 0.171. The Kier molecular flexibility index (Phi) is 3.63. The van der Waals surface area contributed by atoms with Crippen molar-refractivity contribution in [2.45, 2.75) is 4.90 Å². The van der Waals surface area contributed by atoms with Crippen LogP contribution < -0.4 is 24.6 Å². The molecule has 28 heavy (non-hydrogen) atoms. The van der Waals surface area contributed by atoms with Crippen LogP contribution in [0.4, 0.5) is 0 Å². The van der Waals surface area contributed by atoms with Gasteiger partial charge in [0, 0.05) is 24.5 Å². The Morgan fingerprint density at radius 3 is 2.32 bits per heavy atom. The van der Waals surface area contributed by atoms with E-state index in [4.69, 9.17) is 18.9 Å². The van der Waals surface area contributed by atoms with Crippen molar-refractivity contribution < 1.29 is 27.4 Å². The average Bonchev–Trinajstić information content (AvgIpc) is 3.33. The van der Waals surface area contributed by atoms with Crippen molar-refractivity contribution in [2.75, 3.05) is 20.0 Å². The molecule has 0 fully saturated rings. The van der Waals surface area contributed by atoms with Crippen molar-refractivity contribution in [3.8, 4) is 28.7 Å². The minimum Gasteiger partial charge on any atom is -0.486 e. The summed E-state index contributed by atoms with van der Waals surface area (Å²) < 4.78 is 49.3. The monoisotopic (exact) mass is 402 g/mol. The van der Waals surface area contributed by atoms with E-state index in [1.165, 1.54) is 35.2 Å². The summed E-state index contributed by atoms with van der Waals surface area (Å²) in [5.74, 6) is 1.86. The summed E-state index contributed by atoms with van der Waals surface area (Å²) in [4.78, 5) is 12.7. The van der Waals surface area contributed by atoms with E-state index < -0.39 is 15.7 Å². The van der Waals surface area contributed by atoms with Gasteiger partial charge >= 0.3 is 5.69 Å². The van der Waals surface area contributed by atoms with Crippen LogP contribution in [0.1, 0.15) is 0 Å². The number of imidazole rings is 1. The molecule has 0 N–H and O–H groups in total. The minimum absolute atomic E-state index is 0.0673. The molecule has 2 aromatic carbocycles. The van der Waals surface area contributed by atoms with Crippen LogP contribution in [0.3, 0.4) is 0 Å². The second-order valence-corrected chi connectivity index (χ2v) is 7.91. The third kappa shape index (κ3) is 2.53. The van der Waals surface area contributed by atoms with E-state index in [1.807, 2.05) is 0 Å². The predicted molar refractivity (Wildman–Crippen MR) is 96.2 cm³/mol. The lowest BCUT2D eigenvalue weighted by Gasteiger charge is -2.18. The summed E-state index contributed by atoms with van der Waals surface area (Å²) in [6, 6.07) is 9.18. The summed E-state index contributed by atoms with van der Waals surface area (Å²) in [6.07, 6.45) is 2.59. The van der Waals surface area contributed by atoms with Crippen molar-refractivity contribution in [2.24, 2.45) is 0 Å². The molecule has 0 aliphatic carbocycles. The fourth-order valence-electron chi connectivity index (χ4n) is 3.07. The van der Waals surface area contributed by atoms with Crippen LogP contribution in [0.25, 0.3) is 5.69 Å². The van der Waals surface area contributed by atoms with E-state index >= 15 is 0 Å². The highest BCUT2D eigenvalue weighted by Gasteiger charge is 2.24. The number of nitrogens with zero attached hydrogens (tertiary/aromatic N) is 2. The first kappa shape index (κ1) is 16.8. The third-order valence-corrected chi connectivity index (χ3v) is 6.10. The smallest absolute Gasteiger partial charge is 0.346 e. The fraction of sp³-hybridized carbons (Fsp3) is 0.167. The predicted octanol–water partition coefficient (Wildman–Crippen LogP) is 1.38. The number of rotatable bonds is 3. The van der Waals surface area contributed by atoms with Crippen LogP contribution in [0.2, 0.25) is 0 Å². The highest BCUT2D eigenvalue weighted by molar-refractivity contribution is 7.90. The topological polar surface area (TPSA) is 98.0 Å². The van der Waals surface area contributed by atoms with Gasteiger partial charge in [0.05, 0.1) is 10.6 Å². The maximum Gasteiger partial charge on any atom is 0.346 e. The van der Waals surface area contributed by atoms with Crippen LogP contribution in [0, 0.1) is 0 Å². The average molecular weight is 402 g/mol. The number of fused-ring (bicyclic) bond motifs is 2. The third-order valence-electron chi connectivity index (χ3n) is 4.45. The van der Waals surface area contributed by atoms with E-state index in [0.717, 1.165) is 0 Å². The number of ether oxygens (including phenoxy) is 4. The molecule has 2 aliphatic heterocycles. The van der Waals surface area contributed by atoms with E-state index in [9.17, 15) is 13.2 Å². The zero-order valence-corrected chi connectivity index (χ0v) is 15.2. The molecule has 0 bridgehead atoms. The molecule has 10 heteroatoms. The summed E-state index contributed by atoms with van der Waals surface area (Å²) >= 11 is 0. The molecule has 9 nitrogen and oxygen atoms in total. The van der Waals surface area contributed by atoms with Gasteiger partial charge in [0.2, 0.25) is 6.79 Å². The molecule has 0 atom stereocenters. The number of hydrogen-bond donors (Lipinski definition) is 0. The maximum absolute atomic E-state index is 13.0. The molecule has 3 aromatic rings. The minimum atomic E-state index is -4.11. The first-order chi connectivity index (χ1) is 13.5. The Morgan fingerprint density at radius 2 is 1.46 bits per heavy atom. The van der Waals surface area contributed by atoms with Crippen molar-refractivity contribution in [1.82, 2.24) is 8.54 Å². The van der Waals surface area contributed by atoms with Crippen LogP contribution in [-0.4, -0.2) is 37.0 Å². The normalized spacial score (nSPS) is 14.9. The zero-order valence-electron chi connectivity index (χ0n) is 14.4. The molecule has 1 aromatic heterocycles. The number of aromatic nitrogens is 2. The molecule has 0 spiro atoms. The molecule has 2 aliphatic rings. The number of benzene rings is 2. The molecule has 0 radical (unpaired) electrons. The maximum atomic E-state index is 13.0. The van der Waals surface area contributed by atoms with E-state index in [-0.39, 0.29) is 11.7 Å². The SMILES string of the molecule is O=c1n(-c2ccc3c(c2)OCO3)ccn1S(=O)(=O)c1ccc2c(c1)OCCO2. The molecule has 3 heterocycles. The van der Waals surface area contributed by atoms with Gasteiger partial charge in [-0.05, 0) is 24.3 Å². The Balaban J connectivity index is 1.56. The van der Waals surface area contributed by atoms with Gasteiger partial charge < -0.3 is 18.9 Å². The van der Waals surface area contributed by atoms with E-state index in [0.29, 0.717) is 45.9 Å². The summed E-state index contributed by atoms with van der Waals surface area (Å²) in [5.41, 5.74) is -0.265. The Labute approximate surface area is 159 Å². The second kappa shape index (κ2) is 6.06. The Hall–Kier alpha value is -3.40. The molecule has 0 saturated carbocycles. The van der Waals surface area contributed by atoms with Gasteiger partial charge in [-0.2, -0.15) is 3.97 Å². The Bertz CT molecular complexity index is 1240. The van der Waals surface area contributed by atoms with Gasteiger partial charge in [-0.25, -0.2) is 13.2 Å². The first-order valence-electron chi connectivity index (χ1n) is 8.39. The van der Waals surface area contributed by atoms with Crippen molar-refractivity contribution in [1.29, 1.82) is 0 Å². The highest BCUT2D eigenvalue weighted by Crippen LogP contribution is 2.34. The van der Waals surface area contributed by atoms with Crippen LogP contribution in [0.15, 0.2) is 58.5 Å². The lowest BCUT2D eigenvalue weighted by Crippen LogP contribution is -2.28. The van der Waals surface area contributed by atoms with Gasteiger partial charge in [-0.15, -0.1) is 0 Å². The molecule has 5 rings (SSSR count). The summed E-state index contributed by atoms with van der Waals surface area (Å²) in [6.45, 7) is 0.834. The van der Waals surface area contributed by atoms with Gasteiger partial charge in [0.1, 0.15) is 13.2 Å². The second-order valence-electron chi connectivity index (χ2n) is 6.09.